The summed E-state index contributed by atoms with van der Waals surface area (Å²) in [4.78, 5) is 41.7. The number of amides is 3. The van der Waals surface area contributed by atoms with Gasteiger partial charge in [-0.05, 0) is 41.8 Å². The standard InChI is InChI=1S/C28H29Cl2N5O4/c1-3-16(2)26-28(20-8-7-19(30)12-22(20)32-27(28)39)21(17-5-4-6-18(29)11-17)13-23-33-35(25(38)15-34(23)26)14-24(37)31-9-10-36/h4-8,11-12,21,26,36H,2-3,9-10,13-15H2,1H3,(H,31,37)(H,32,39)/t21-,26+,28?/m0/s1. The number of benzene rings is 2. The molecule has 3 aliphatic rings. The molecule has 0 saturated carbocycles. The van der Waals surface area contributed by atoms with Crippen molar-refractivity contribution in [2.75, 3.05) is 31.6 Å². The highest BCUT2D eigenvalue weighted by Crippen LogP contribution is 2.57. The second-order valence-corrected chi connectivity index (χ2v) is 10.8. The molecule has 0 aliphatic carbocycles. The Morgan fingerprint density at radius 1 is 1.23 bits per heavy atom. The van der Waals surface area contributed by atoms with Crippen molar-refractivity contribution in [3.05, 3.63) is 75.8 Å². The van der Waals surface area contributed by atoms with Gasteiger partial charge in [0, 0.05) is 34.6 Å². The van der Waals surface area contributed by atoms with Gasteiger partial charge in [0.15, 0.2) is 0 Å². The number of hydrazone groups is 1. The lowest BCUT2D eigenvalue weighted by atomic mass is 9.58. The number of nitrogens with one attached hydrogen (secondary N) is 2. The van der Waals surface area contributed by atoms with E-state index in [1.54, 1.807) is 18.2 Å². The molecule has 2 aromatic carbocycles. The molecule has 3 heterocycles. The molecule has 9 nitrogen and oxygen atoms in total. The molecule has 1 fully saturated rings. The third-order valence-electron chi connectivity index (χ3n) is 7.71. The minimum atomic E-state index is -1.14. The van der Waals surface area contributed by atoms with Crippen LogP contribution in [0.2, 0.25) is 10.0 Å². The summed E-state index contributed by atoms with van der Waals surface area (Å²) in [5.74, 6) is -0.848. The van der Waals surface area contributed by atoms with E-state index in [9.17, 15) is 14.4 Å². The van der Waals surface area contributed by atoms with E-state index in [2.05, 4.69) is 22.3 Å². The van der Waals surface area contributed by atoms with Gasteiger partial charge in [-0.25, -0.2) is 5.01 Å². The molecular formula is C28H29Cl2N5O4. The molecule has 0 bridgehead atoms. The summed E-state index contributed by atoms with van der Waals surface area (Å²) in [5.41, 5.74) is 1.88. The highest BCUT2D eigenvalue weighted by Gasteiger charge is 2.63. The number of anilines is 1. The van der Waals surface area contributed by atoms with Crippen LogP contribution in [0.15, 0.2) is 59.7 Å². The summed E-state index contributed by atoms with van der Waals surface area (Å²) in [6.07, 6.45) is 0.876. The van der Waals surface area contributed by atoms with E-state index in [0.717, 1.165) is 21.7 Å². The topological polar surface area (TPSA) is 114 Å². The Balaban J connectivity index is 1.69. The average molecular weight is 570 g/mol. The van der Waals surface area contributed by atoms with Crippen LogP contribution in [0.3, 0.4) is 0 Å². The van der Waals surface area contributed by atoms with Crippen LogP contribution in [0.25, 0.3) is 0 Å². The van der Waals surface area contributed by atoms with E-state index < -0.39 is 23.3 Å². The number of aliphatic hydroxyl groups excluding tert-OH is 1. The highest BCUT2D eigenvalue weighted by molar-refractivity contribution is 6.31. The smallest absolute Gasteiger partial charge is 0.262 e. The number of carbonyl (C=O) groups is 3. The zero-order chi connectivity index (χ0) is 27.9. The number of amidine groups is 1. The van der Waals surface area contributed by atoms with Gasteiger partial charge < -0.3 is 20.6 Å². The maximum absolute atomic E-state index is 14.2. The number of carbonyl (C=O) groups excluding carboxylic acids is 3. The lowest BCUT2D eigenvalue weighted by Gasteiger charge is -2.54. The summed E-state index contributed by atoms with van der Waals surface area (Å²) in [7, 11) is 0. The molecule has 11 heteroatoms. The van der Waals surface area contributed by atoms with Crippen molar-refractivity contribution in [3.63, 3.8) is 0 Å². The number of hydrogen-bond donors (Lipinski definition) is 3. The van der Waals surface area contributed by atoms with Crippen LogP contribution in [0.4, 0.5) is 5.69 Å². The van der Waals surface area contributed by atoms with E-state index in [-0.39, 0.29) is 38.1 Å². The lowest BCUT2D eigenvalue weighted by molar-refractivity contribution is -0.139. The maximum atomic E-state index is 14.2. The third kappa shape index (κ3) is 4.58. The Morgan fingerprint density at radius 2 is 2.00 bits per heavy atom. The van der Waals surface area contributed by atoms with E-state index >= 15 is 0 Å². The van der Waals surface area contributed by atoms with Gasteiger partial charge in [-0.15, -0.1) is 0 Å². The Morgan fingerprint density at radius 3 is 2.72 bits per heavy atom. The first-order chi connectivity index (χ1) is 18.7. The maximum Gasteiger partial charge on any atom is 0.262 e. The van der Waals surface area contributed by atoms with Crippen LogP contribution < -0.4 is 10.6 Å². The number of aliphatic hydroxyl groups is 1. The Kier molecular flexibility index (Phi) is 7.41. The molecule has 204 valence electrons. The second-order valence-electron chi connectivity index (χ2n) is 9.91. The first-order valence-corrected chi connectivity index (χ1v) is 13.5. The Bertz CT molecular complexity index is 1400. The van der Waals surface area contributed by atoms with Gasteiger partial charge >= 0.3 is 0 Å². The number of piperidine rings is 1. The van der Waals surface area contributed by atoms with Gasteiger partial charge in [0.2, 0.25) is 11.8 Å². The minimum absolute atomic E-state index is 0.0734. The largest absolute Gasteiger partial charge is 0.395 e. The molecule has 1 saturated heterocycles. The van der Waals surface area contributed by atoms with E-state index in [1.807, 2.05) is 36.1 Å². The van der Waals surface area contributed by atoms with Crippen molar-refractivity contribution in [1.82, 2.24) is 15.2 Å². The summed E-state index contributed by atoms with van der Waals surface area (Å²) >= 11 is 12.7. The summed E-state index contributed by atoms with van der Waals surface area (Å²) < 4.78 is 0. The molecule has 5 rings (SSSR count). The van der Waals surface area contributed by atoms with Crippen LogP contribution in [0.5, 0.6) is 0 Å². The van der Waals surface area contributed by atoms with Crippen LogP contribution in [-0.2, 0) is 19.8 Å². The summed E-state index contributed by atoms with van der Waals surface area (Å²) in [6, 6.07) is 12.2. The number of nitrogens with zero attached hydrogens (tertiary/aromatic N) is 3. The van der Waals surface area contributed by atoms with Crippen LogP contribution in [-0.4, -0.2) is 70.9 Å². The summed E-state index contributed by atoms with van der Waals surface area (Å²) in [5, 5.41) is 21.4. The predicted octanol–water partition coefficient (Wildman–Crippen LogP) is 3.27. The SMILES string of the molecule is C=C(CC)[C@H]1N2CC(=O)N(CC(=O)NCCO)N=C2C[C@@H](c2cccc(Cl)c2)C12C(=O)Nc1cc(Cl)ccc12. The van der Waals surface area contributed by atoms with Gasteiger partial charge in [-0.2, -0.15) is 5.10 Å². The lowest BCUT2D eigenvalue weighted by Crippen LogP contribution is -2.67. The van der Waals surface area contributed by atoms with Crippen molar-refractivity contribution in [1.29, 1.82) is 0 Å². The fourth-order valence-corrected chi connectivity index (χ4v) is 6.42. The van der Waals surface area contributed by atoms with Crippen LogP contribution >= 0.6 is 23.2 Å². The van der Waals surface area contributed by atoms with Gasteiger partial charge in [0.1, 0.15) is 24.3 Å². The molecule has 3 amide bonds. The van der Waals surface area contributed by atoms with E-state index in [1.165, 1.54) is 0 Å². The number of fused-ring (bicyclic) bond motifs is 3. The zero-order valence-corrected chi connectivity index (χ0v) is 22.9. The normalized spacial score (nSPS) is 23.7. The van der Waals surface area contributed by atoms with Gasteiger partial charge in [0.25, 0.3) is 5.91 Å². The Hall–Kier alpha value is -3.40. The van der Waals surface area contributed by atoms with Crippen molar-refractivity contribution in [3.8, 4) is 0 Å². The molecule has 1 spiro atoms. The van der Waals surface area contributed by atoms with E-state index in [0.29, 0.717) is 34.4 Å². The first-order valence-electron chi connectivity index (χ1n) is 12.8. The van der Waals surface area contributed by atoms with Crippen molar-refractivity contribution in [2.24, 2.45) is 5.10 Å². The van der Waals surface area contributed by atoms with E-state index in [4.69, 9.17) is 28.3 Å². The molecule has 2 aromatic rings. The molecule has 3 aliphatic heterocycles. The van der Waals surface area contributed by atoms with Gasteiger partial charge in [-0.3, -0.25) is 14.4 Å². The molecule has 0 aromatic heterocycles. The van der Waals surface area contributed by atoms with Crippen molar-refractivity contribution < 1.29 is 19.5 Å². The van der Waals surface area contributed by atoms with Crippen molar-refractivity contribution in [2.45, 2.75) is 37.1 Å². The molecule has 3 atom stereocenters. The molecule has 1 unspecified atom stereocenters. The number of halogens is 2. The second kappa shape index (κ2) is 10.6. The fourth-order valence-electron chi connectivity index (χ4n) is 6.05. The quantitative estimate of drug-likeness (QED) is 0.443. The Labute approximate surface area is 236 Å². The zero-order valence-electron chi connectivity index (χ0n) is 21.4. The molecule has 39 heavy (non-hydrogen) atoms. The number of hydrogen-bond acceptors (Lipinski definition) is 6. The highest BCUT2D eigenvalue weighted by atomic mass is 35.5. The number of rotatable bonds is 7. The monoisotopic (exact) mass is 569 g/mol. The summed E-state index contributed by atoms with van der Waals surface area (Å²) in [6.45, 7) is 5.86. The third-order valence-corrected chi connectivity index (χ3v) is 8.18. The fraction of sp³-hybridized carbons (Fsp3) is 0.357. The van der Waals surface area contributed by atoms with Gasteiger partial charge in [-0.1, -0.05) is 60.5 Å². The predicted molar refractivity (Wildman–Crippen MR) is 150 cm³/mol. The minimum Gasteiger partial charge on any atom is -0.395 e. The molecule has 3 N–H and O–H groups in total. The van der Waals surface area contributed by atoms with Crippen LogP contribution in [0, 0.1) is 0 Å². The van der Waals surface area contributed by atoms with Crippen molar-refractivity contribution >= 4 is 52.4 Å². The van der Waals surface area contributed by atoms with Crippen LogP contribution in [0.1, 0.15) is 36.8 Å². The molecule has 0 radical (unpaired) electrons. The van der Waals surface area contributed by atoms with Gasteiger partial charge in [0.05, 0.1) is 12.6 Å². The average Bonchev–Trinajstić information content (AvgIpc) is 3.18. The first kappa shape index (κ1) is 27.2. The molecular weight excluding hydrogens is 541 g/mol.